The molecule has 2 atom stereocenters. The average Bonchev–Trinajstić information content (AvgIpc) is 2.50. The quantitative estimate of drug-likeness (QED) is 0.333. The van der Waals surface area contributed by atoms with Gasteiger partial charge in [-0.3, -0.25) is 14.4 Å². The Labute approximate surface area is 140 Å². The molecule has 0 aromatic rings. The maximum atomic E-state index is 10.1. The van der Waals surface area contributed by atoms with E-state index in [4.69, 9.17) is 33.4 Å². The topological polar surface area (TPSA) is 176 Å². The lowest BCUT2D eigenvalue weighted by molar-refractivity contribution is -0.139. The van der Waals surface area contributed by atoms with E-state index >= 15 is 0 Å². The molecular weight excluding hydrogens is 302 g/mol. The van der Waals surface area contributed by atoms with Crippen LogP contribution in [0.4, 0.5) is 0 Å². The van der Waals surface area contributed by atoms with Crippen LogP contribution in [0.3, 0.4) is 0 Å². The molecule has 0 heterocycles. The normalized spacial score (nSPS) is 21.6. The Balaban J connectivity index is -0.000000366. The summed E-state index contributed by atoms with van der Waals surface area (Å²) in [5, 5.41) is 25.8. The van der Waals surface area contributed by atoms with Crippen LogP contribution in [0.1, 0.15) is 25.6 Å². The summed E-state index contributed by atoms with van der Waals surface area (Å²) in [6.07, 6.45) is 2.48. The molecule has 0 saturated heterocycles. The zero-order chi connectivity index (χ0) is 25.1. The average molecular weight is 336 g/mol. The molecule has 0 fully saturated rings. The van der Waals surface area contributed by atoms with Crippen LogP contribution in [0.15, 0.2) is 0 Å². The Morgan fingerprint density at radius 2 is 1.90 bits per heavy atom. The van der Waals surface area contributed by atoms with E-state index < -0.39 is 50.3 Å². The molecule has 0 radical (unpaired) electrons. The lowest BCUT2D eigenvalue weighted by Crippen LogP contribution is -2.30. The number of thioether (sulfide) groups is 1. The van der Waals surface area contributed by atoms with Crippen molar-refractivity contribution in [1.29, 1.82) is 0 Å². The second-order valence-electron chi connectivity index (χ2n) is 3.00. The maximum absolute atomic E-state index is 10.1. The summed E-state index contributed by atoms with van der Waals surface area (Å²) >= 11 is 1.60. The van der Waals surface area contributed by atoms with Crippen LogP contribution in [0.25, 0.3) is 0 Å². The van der Waals surface area contributed by atoms with Gasteiger partial charge in [0.1, 0.15) is 12.1 Å². The van der Waals surface area contributed by atoms with E-state index in [1.807, 2.05) is 6.26 Å². The minimum absolute atomic E-state index is 0.552. The lowest BCUT2D eigenvalue weighted by Gasteiger charge is -2.02. The van der Waals surface area contributed by atoms with E-state index in [2.05, 4.69) is 5.73 Å². The van der Waals surface area contributed by atoms with Crippen LogP contribution in [0.5, 0.6) is 0 Å². The number of likely N-dealkylation sites (N-methyl/N-ethyl adjacent to an activating group) is 1. The van der Waals surface area contributed by atoms with Crippen LogP contribution in [-0.4, -0.2) is 70.8 Å². The summed E-state index contributed by atoms with van der Waals surface area (Å²) in [4.78, 5) is 30.1. The van der Waals surface area contributed by atoms with Gasteiger partial charge in [-0.2, -0.15) is 11.8 Å². The first-order chi connectivity index (χ1) is 13.0. The zero-order valence-electron chi connectivity index (χ0n) is 20.1. The van der Waals surface area contributed by atoms with Crippen molar-refractivity contribution in [2.45, 2.75) is 25.3 Å². The Morgan fingerprint density at radius 3 is 2.10 bits per heavy atom. The monoisotopic (exact) mass is 336 g/mol. The molecule has 0 aromatic carbocycles. The highest BCUT2D eigenvalue weighted by molar-refractivity contribution is 7.98. The van der Waals surface area contributed by atoms with Crippen LogP contribution < -0.4 is 16.8 Å². The van der Waals surface area contributed by atoms with Gasteiger partial charge < -0.3 is 32.1 Å². The summed E-state index contributed by atoms with van der Waals surface area (Å²) in [7, 11) is 0. The van der Waals surface area contributed by atoms with Crippen LogP contribution in [0.2, 0.25) is 0 Å². The fraction of sp³-hybridized carbons (Fsp3) is 0.727. The molecule has 0 aromatic heterocycles. The van der Waals surface area contributed by atoms with Crippen molar-refractivity contribution in [3.63, 3.8) is 0 Å². The van der Waals surface area contributed by atoms with Gasteiger partial charge in [0.05, 0.1) is 10.6 Å². The Kier molecular flexibility index (Phi) is 8.25. The molecule has 0 aliphatic heterocycles. The molecule has 21 heavy (non-hydrogen) atoms. The van der Waals surface area contributed by atoms with Gasteiger partial charge in [-0.25, -0.2) is 0 Å². The number of hydrogen-bond donors (Lipinski definition) is 6. The van der Waals surface area contributed by atoms with Gasteiger partial charge in [0, 0.05) is 8.22 Å². The molecule has 0 saturated carbocycles. The second-order valence-corrected chi connectivity index (χ2v) is 3.99. The molecule has 0 rings (SSSR count). The third kappa shape index (κ3) is 27.7. The Morgan fingerprint density at radius 1 is 1.33 bits per heavy atom. The first kappa shape index (κ1) is 10.4. The van der Waals surface area contributed by atoms with Crippen molar-refractivity contribution in [1.82, 2.24) is 5.32 Å². The third-order valence-electron chi connectivity index (χ3n) is 1.35. The Hall–Kier alpha value is -1.36. The van der Waals surface area contributed by atoms with E-state index in [9.17, 15) is 14.4 Å². The van der Waals surface area contributed by atoms with Gasteiger partial charge in [-0.15, -0.1) is 0 Å². The van der Waals surface area contributed by atoms with E-state index in [1.165, 1.54) is 5.32 Å². The van der Waals surface area contributed by atoms with Crippen molar-refractivity contribution in [2.24, 2.45) is 11.5 Å². The number of aliphatic carboxylic acids is 3. The van der Waals surface area contributed by atoms with E-state index in [1.54, 1.807) is 11.8 Å². The summed E-state index contributed by atoms with van der Waals surface area (Å²) in [5.74, 6) is -3.81. The van der Waals surface area contributed by atoms with E-state index in [0.717, 1.165) is 5.75 Å². The predicted octanol–water partition coefficient (Wildman–Crippen LogP) is -1.14. The van der Waals surface area contributed by atoms with Gasteiger partial charge in [-0.05, 0) is 32.3 Å². The minimum Gasteiger partial charge on any atom is -0.480 e. The molecule has 9 nitrogen and oxygen atoms in total. The van der Waals surface area contributed by atoms with E-state index in [0.29, 0.717) is 6.42 Å². The Bertz CT molecular complexity index is 572. The summed E-state index contributed by atoms with van der Waals surface area (Å²) in [6.45, 7) is -8.69. The number of nitrogens with two attached hydrogens (primary N) is 2. The van der Waals surface area contributed by atoms with Crippen LogP contribution >= 0.6 is 11.8 Å². The highest BCUT2D eigenvalue weighted by atomic mass is 32.2. The van der Waals surface area contributed by atoms with Gasteiger partial charge in [0.25, 0.3) is 0 Å². The fourth-order valence-electron chi connectivity index (χ4n) is 0.422. The summed E-state index contributed by atoms with van der Waals surface area (Å²) < 4.78 is 58.9. The molecule has 0 amide bonds. The molecule has 126 valence electrons. The first-order valence-corrected chi connectivity index (χ1v) is 6.44. The van der Waals surface area contributed by atoms with Crippen LogP contribution in [0, 0.1) is 0 Å². The lowest BCUT2D eigenvalue weighted by atomic mass is 10.2. The fourth-order valence-corrected chi connectivity index (χ4v) is 0.911. The third-order valence-corrected chi connectivity index (χ3v) is 1.99. The number of carboxylic acid groups (broad SMARTS) is 3. The largest absolute Gasteiger partial charge is 0.480 e. The van der Waals surface area contributed by atoms with Crippen LogP contribution in [-0.2, 0) is 14.4 Å². The molecular formula is C11H25N3O6S. The molecule has 8 N–H and O–H groups in total. The van der Waals surface area contributed by atoms with E-state index in [-0.39, 0.29) is 0 Å². The number of carbonyl (C=O) groups is 3. The van der Waals surface area contributed by atoms with Crippen molar-refractivity contribution in [3.05, 3.63) is 0 Å². The molecule has 0 aliphatic carbocycles. The minimum atomic E-state index is -2.99. The summed E-state index contributed by atoms with van der Waals surface area (Å²) in [5.41, 5.74) is 9.83. The highest BCUT2D eigenvalue weighted by Gasteiger charge is 2.08. The predicted molar refractivity (Wildman–Crippen MR) is 81.5 cm³/mol. The molecule has 0 aliphatic rings. The SMILES string of the molecule is CSCC[C@H](N)C(=O)O.[2H]C([2H])([2H])NC([2H])([2H])C(=O)O.[2H]C([2H])([2H])[C@]([2H])(N)C(=O)O. The number of carboxylic acids is 3. The van der Waals surface area contributed by atoms with Crippen molar-refractivity contribution in [3.8, 4) is 0 Å². The maximum Gasteiger partial charge on any atom is 0.320 e. The number of nitrogens with one attached hydrogen (secondary N) is 1. The molecule has 0 bridgehead atoms. The standard InChI is InChI=1S/C5H11NO2S.2C3H7NO2/c1-9-3-2-4(6)5(7)8;1-4-2-3(5)6;1-2(4)3(5)6/h4H,2-3,6H2,1H3,(H,7,8);4H,2H2,1H3,(H,5,6);2H,4H2,1H3,(H,5,6)/t4-;;2-/m0.0/s1/i;1D3,2D2;1D3,2D. The second kappa shape index (κ2) is 16.7. The summed E-state index contributed by atoms with van der Waals surface area (Å²) in [6, 6.07) is -3.58. The molecule has 10 heteroatoms. The van der Waals surface area contributed by atoms with Crippen molar-refractivity contribution >= 4 is 29.7 Å². The zero-order valence-corrected chi connectivity index (χ0v) is 11.9. The van der Waals surface area contributed by atoms with Gasteiger partial charge >= 0.3 is 17.9 Å². The molecule has 0 unspecified atom stereocenters. The number of hydrogen-bond acceptors (Lipinski definition) is 7. The first-order valence-electron chi connectivity index (χ1n) is 9.55. The van der Waals surface area contributed by atoms with Crippen molar-refractivity contribution < 1.29 is 42.0 Å². The van der Waals surface area contributed by atoms with Gasteiger partial charge in [-0.1, -0.05) is 0 Å². The van der Waals surface area contributed by atoms with Gasteiger partial charge in [0.2, 0.25) is 0 Å². The van der Waals surface area contributed by atoms with Crippen molar-refractivity contribution in [2.75, 3.05) is 25.5 Å². The highest BCUT2D eigenvalue weighted by Crippen LogP contribution is 1.97. The van der Waals surface area contributed by atoms with Gasteiger partial charge in [0.15, 0.2) is 0 Å². The molecule has 0 spiro atoms. The smallest absolute Gasteiger partial charge is 0.320 e. The number of rotatable bonds is 7.